The lowest BCUT2D eigenvalue weighted by Crippen LogP contribution is -2.43. The fraction of sp³-hybridized carbons (Fsp3) is 0.310. The van der Waals surface area contributed by atoms with Crippen LogP contribution in [0.5, 0.6) is 0 Å². The summed E-state index contributed by atoms with van der Waals surface area (Å²) in [6, 6.07) is 9.75. The number of fused-ring (bicyclic) bond motifs is 1. The van der Waals surface area contributed by atoms with Gasteiger partial charge in [-0.2, -0.15) is 39.5 Å². The molecule has 2 N–H and O–H groups in total. The van der Waals surface area contributed by atoms with Crippen LogP contribution in [0, 0.1) is 0 Å². The molecule has 0 bridgehead atoms. The van der Waals surface area contributed by atoms with E-state index in [-0.39, 0.29) is 33.7 Å². The van der Waals surface area contributed by atoms with E-state index >= 15 is 0 Å². The molecule has 0 saturated carbocycles. The van der Waals surface area contributed by atoms with Crippen LogP contribution >= 0.6 is 11.6 Å². The largest absolute Gasteiger partial charge is 0.435 e. The fourth-order valence-electron chi connectivity index (χ4n) is 4.56. The van der Waals surface area contributed by atoms with Crippen molar-refractivity contribution in [1.29, 1.82) is 0 Å². The number of rotatable bonds is 6. The Labute approximate surface area is 264 Å². The number of carbonyl (C=O) groups is 2. The summed E-state index contributed by atoms with van der Waals surface area (Å²) in [4.78, 5) is 33.8. The van der Waals surface area contributed by atoms with Gasteiger partial charge < -0.3 is 20.3 Å². The van der Waals surface area contributed by atoms with Crippen molar-refractivity contribution in [2.45, 2.75) is 37.0 Å². The molecule has 8 nitrogen and oxygen atoms in total. The first kappa shape index (κ1) is 35.3. The van der Waals surface area contributed by atoms with E-state index in [2.05, 4.69) is 20.5 Å². The van der Waals surface area contributed by atoms with Crippen LogP contribution in [-0.4, -0.2) is 55.8 Å². The second kappa shape index (κ2) is 13.7. The Balaban J connectivity index is 0.000000912. The summed E-state index contributed by atoms with van der Waals surface area (Å²) in [5, 5.41) is 10.6. The second-order valence-electron chi connectivity index (χ2n) is 10.0. The van der Waals surface area contributed by atoms with Crippen molar-refractivity contribution in [2.24, 2.45) is 10.3 Å². The number of oxime groups is 2. The van der Waals surface area contributed by atoms with E-state index in [9.17, 15) is 49.1 Å². The van der Waals surface area contributed by atoms with Crippen LogP contribution in [0.1, 0.15) is 39.9 Å². The minimum atomic E-state index is -5.24. The van der Waals surface area contributed by atoms with Gasteiger partial charge in [-0.05, 0) is 35.0 Å². The van der Waals surface area contributed by atoms with Crippen LogP contribution in [0.3, 0.4) is 0 Å². The van der Waals surface area contributed by atoms with Gasteiger partial charge in [-0.25, -0.2) is 0 Å². The first-order valence-electron chi connectivity index (χ1n) is 13.4. The molecule has 252 valence electrons. The maximum absolute atomic E-state index is 14.4. The van der Waals surface area contributed by atoms with Crippen LogP contribution in [0.2, 0.25) is 5.02 Å². The summed E-state index contributed by atoms with van der Waals surface area (Å²) in [5.74, 6) is -1.98. The first-order valence-corrected chi connectivity index (χ1v) is 13.8. The number of benzene rings is 3. The summed E-state index contributed by atoms with van der Waals surface area (Å²) in [6.45, 7) is -1.62. The summed E-state index contributed by atoms with van der Waals surface area (Å²) in [6.07, 6.45) is -13.2. The monoisotopic (exact) mass is 696 g/mol. The third-order valence-corrected chi connectivity index (χ3v) is 6.96. The Morgan fingerprint density at radius 3 is 2.19 bits per heavy atom. The zero-order valence-corrected chi connectivity index (χ0v) is 24.4. The van der Waals surface area contributed by atoms with Crippen molar-refractivity contribution in [3.63, 3.8) is 0 Å². The average molecular weight is 697 g/mol. The van der Waals surface area contributed by atoms with Crippen molar-refractivity contribution in [1.82, 2.24) is 10.6 Å². The van der Waals surface area contributed by atoms with Gasteiger partial charge in [0.15, 0.2) is 0 Å². The maximum atomic E-state index is 14.4. The molecular weight excluding hydrogens is 675 g/mol. The molecule has 0 saturated heterocycles. The number of nitrogens with zero attached hydrogens (tertiary/aromatic N) is 2. The molecule has 2 aliphatic heterocycles. The molecule has 1 atom stereocenters. The van der Waals surface area contributed by atoms with Gasteiger partial charge in [0.05, 0.1) is 17.8 Å². The van der Waals surface area contributed by atoms with Crippen LogP contribution < -0.4 is 10.6 Å². The Morgan fingerprint density at radius 1 is 0.915 bits per heavy atom. The van der Waals surface area contributed by atoms with Gasteiger partial charge in [-0.1, -0.05) is 52.2 Å². The molecule has 0 aliphatic carbocycles. The molecule has 5 rings (SSSR count). The number of nitrogens with one attached hydrogen (secondary N) is 2. The molecule has 18 heteroatoms. The van der Waals surface area contributed by atoms with E-state index in [1.54, 1.807) is 11.5 Å². The molecule has 0 radical (unpaired) electrons. The first-order chi connectivity index (χ1) is 21.9. The summed E-state index contributed by atoms with van der Waals surface area (Å²) >= 11 is 5.73. The normalized spacial score (nSPS) is 17.7. The molecule has 0 aromatic heterocycles. The molecule has 47 heavy (non-hydrogen) atoms. The lowest BCUT2D eigenvalue weighted by molar-refractivity contribution is -0.276. The van der Waals surface area contributed by atoms with E-state index in [1.165, 1.54) is 36.4 Å². The summed E-state index contributed by atoms with van der Waals surface area (Å²) in [7, 11) is 0. The van der Waals surface area contributed by atoms with Gasteiger partial charge >= 0.3 is 18.5 Å². The molecule has 3 aromatic rings. The fourth-order valence-corrected chi connectivity index (χ4v) is 4.80. The highest BCUT2D eigenvalue weighted by Gasteiger charge is 2.62. The molecule has 2 amide bonds. The zero-order valence-electron chi connectivity index (χ0n) is 23.6. The predicted molar refractivity (Wildman–Crippen MR) is 151 cm³/mol. The Bertz CT molecular complexity index is 1700. The maximum Gasteiger partial charge on any atom is 0.435 e. The number of carbonyl (C=O) groups excluding carboxylic acids is 2. The third-order valence-electron chi connectivity index (χ3n) is 6.74. The van der Waals surface area contributed by atoms with Gasteiger partial charge in [0.25, 0.3) is 11.5 Å². The predicted octanol–water partition coefficient (Wildman–Crippen LogP) is 6.90. The Hall–Kier alpha value is -4.54. The van der Waals surface area contributed by atoms with Crippen LogP contribution in [-0.2, 0) is 26.2 Å². The van der Waals surface area contributed by atoms with E-state index in [0.717, 1.165) is 13.0 Å². The number of alkyl halides is 9. The van der Waals surface area contributed by atoms with E-state index in [4.69, 9.17) is 16.4 Å². The highest BCUT2D eigenvalue weighted by atomic mass is 35.5. The Kier molecular flexibility index (Phi) is 10.3. The second-order valence-corrected chi connectivity index (χ2v) is 10.5. The van der Waals surface area contributed by atoms with Gasteiger partial charge in [-0.15, -0.1) is 0 Å². The molecule has 1 unspecified atom stereocenters. The van der Waals surface area contributed by atoms with E-state index in [1.807, 2.05) is 0 Å². The standard InChI is InChI=1S/C26H17ClF9N3O3.C3H5NO/c27-15-8-13(7-14(9-15)25(31,32)33)23(26(34,35)36)10-20(39-42-23)18-5-6-19(17-4-2-1-3-16(17)18)22(41)37-11-21(40)38-12-24(28,29)30;1-2-4-5-3-1/h1-9H,10-12H2,(H,37,41)(H,38,40);2H,1,3H2. The number of hydrogen-bond donors (Lipinski definition) is 2. The van der Waals surface area contributed by atoms with Gasteiger partial charge in [0.2, 0.25) is 5.91 Å². The summed E-state index contributed by atoms with van der Waals surface area (Å²) in [5.41, 5.74) is -5.95. The molecule has 0 fully saturated rings. The van der Waals surface area contributed by atoms with Crippen molar-refractivity contribution in [3.05, 3.63) is 81.9 Å². The average Bonchev–Trinajstić information content (AvgIpc) is 3.72. The van der Waals surface area contributed by atoms with Crippen LogP contribution in [0.4, 0.5) is 39.5 Å². The number of hydrogen-bond acceptors (Lipinski definition) is 6. The smallest absolute Gasteiger partial charge is 0.396 e. The van der Waals surface area contributed by atoms with E-state index < -0.39 is 71.6 Å². The lowest BCUT2D eigenvalue weighted by Gasteiger charge is -2.30. The highest BCUT2D eigenvalue weighted by Crippen LogP contribution is 2.50. The minimum absolute atomic E-state index is 0.0641. The van der Waals surface area contributed by atoms with Crippen molar-refractivity contribution in [2.75, 3.05) is 19.7 Å². The molecule has 2 heterocycles. The van der Waals surface area contributed by atoms with E-state index in [0.29, 0.717) is 12.1 Å². The quantitative estimate of drug-likeness (QED) is 0.274. The third kappa shape index (κ3) is 8.44. The van der Waals surface area contributed by atoms with Gasteiger partial charge in [0, 0.05) is 40.8 Å². The van der Waals surface area contributed by atoms with Crippen LogP contribution in [0.15, 0.2) is 64.9 Å². The molecular formula is C29H22ClF9N4O4. The van der Waals surface area contributed by atoms with Gasteiger partial charge in [-0.3, -0.25) is 9.59 Å². The molecule has 0 spiro atoms. The lowest BCUT2D eigenvalue weighted by atomic mass is 9.84. The van der Waals surface area contributed by atoms with Crippen molar-refractivity contribution in [3.8, 4) is 0 Å². The minimum Gasteiger partial charge on any atom is -0.396 e. The highest BCUT2D eigenvalue weighted by molar-refractivity contribution is 6.30. The Morgan fingerprint density at radius 2 is 1.62 bits per heavy atom. The van der Waals surface area contributed by atoms with Crippen molar-refractivity contribution >= 4 is 46.1 Å². The van der Waals surface area contributed by atoms with Crippen LogP contribution in [0.25, 0.3) is 10.8 Å². The zero-order chi connectivity index (χ0) is 34.6. The molecule has 2 aliphatic rings. The summed E-state index contributed by atoms with van der Waals surface area (Å²) < 4.78 is 120. The van der Waals surface area contributed by atoms with Crippen molar-refractivity contribution < 1.29 is 58.8 Å². The topological polar surface area (TPSA) is 101 Å². The number of halogens is 10. The SMILES string of the molecule is C1=NOCC1.O=C(CNC(=O)c1ccc(C2=NOC(c3cc(Cl)cc(C(F)(F)F)c3)(C(F)(F)F)C2)c2ccccc12)NCC(F)(F)F. The van der Waals surface area contributed by atoms with Gasteiger partial charge in [0.1, 0.15) is 13.2 Å². The number of amides is 2. The molecule has 3 aromatic carbocycles.